The van der Waals surface area contributed by atoms with Gasteiger partial charge < -0.3 is 20.9 Å². The average Bonchev–Trinajstić information content (AvgIpc) is 2.28. The van der Waals surface area contributed by atoms with Gasteiger partial charge in [0.05, 0.1) is 24.7 Å². The normalized spacial score (nSPS) is 10.2. The molecule has 0 aromatic heterocycles. The van der Waals surface area contributed by atoms with Crippen molar-refractivity contribution in [2.75, 3.05) is 37.4 Å². The molecule has 1 aromatic rings. The van der Waals surface area contributed by atoms with Gasteiger partial charge in [-0.25, -0.2) is 0 Å². The number of nitro benzene ring substituents is 1. The van der Waals surface area contributed by atoms with Crippen molar-refractivity contribution in [1.29, 1.82) is 0 Å². The van der Waals surface area contributed by atoms with Gasteiger partial charge in [0, 0.05) is 18.3 Å². The minimum absolute atomic E-state index is 0.00944. The highest BCUT2D eigenvalue weighted by Crippen LogP contribution is 2.24. The maximum absolute atomic E-state index is 10.5. The largest absolute Gasteiger partial charge is 0.394 e. The van der Waals surface area contributed by atoms with Crippen LogP contribution in [0.1, 0.15) is 0 Å². The summed E-state index contributed by atoms with van der Waals surface area (Å²) in [5.74, 6) is 0. The molecule has 0 heterocycles. The molecule has 0 radical (unpaired) electrons. The second-order valence-electron chi connectivity index (χ2n) is 3.29. The van der Waals surface area contributed by atoms with Crippen LogP contribution in [0, 0.1) is 10.1 Å². The van der Waals surface area contributed by atoms with Crippen molar-refractivity contribution in [3.8, 4) is 0 Å². The molecule has 0 saturated carbocycles. The van der Waals surface area contributed by atoms with Crippen molar-refractivity contribution >= 4 is 17.1 Å². The molecule has 94 valence electrons. The Morgan fingerprint density at radius 1 is 1.47 bits per heavy atom. The fourth-order valence-corrected chi connectivity index (χ4v) is 1.26. The highest BCUT2D eigenvalue weighted by atomic mass is 16.6. The first-order chi connectivity index (χ1) is 8.15. The SMILES string of the molecule is Nc1cc(NCCOCCO)ccc1[N+](=O)[O-]. The zero-order chi connectivity index (χ0) is 12.7. The van der Waals surface area contributed by atoms with Crippen molar-refractivity contribution in [1.82, 2.24) is 0 Å². The number of hydrogen-bond acceptors (Lipinski definition) is 6. The second-order valence-corrected chi connectivity index (χ2v) is 3.29. The number of anilines is 2. The molecular weight excluding hydrogens is 226 g/mol. The lowest BCUT2D eigenvalue weighted by Crippen LogP contribution is -2.11. The molecule has 1 rings (SSSR count). The first-order valence-corrected chi connectivity index (χ1v) is 5.11. The lowest BCUT2D eigenvalue weighted by molar-refractivity contribution is -0.383. The number of nitrogens with two attached hydrogens (primary N) is 1. The molecule has 0 fully saturated rings. The zero-order valence-corrected chi connectivity index (χ0v) is 9.26. The second kappa shape index (κ2) is 6.66. The Morgan fingerprint density at radius 2 is 2.24 bits per heavy atom. The number of aliphatic hydroxyl groups excluding tert-OH is 1. The van der Waals surface area contributed by atoms with E-state index in [-0.39, 0.29) is 18.0 Å². The topological polar surface area (TPSA) is 111 Å². The maximum atomic E-state index is 10.5. The Balaban J connectivity index is 2.45. The summed E-state index contributed by atoms with van der Waals surface area (Å²) in [6.07, 6.45) is 0. The number of nitrogen functional groups attached to an aromatic ring is 1. The summed E-state index contributed by atoms with van der Waals surface area (Å²) in [5, 5.41) is 22.0. The molecule has 7 nitrogen and oxygen atoms in total. The summed E-state index contributed by atoms with van der Waals surface area (Å²) in [7, 11) is 0. The van der Waals surface area contributed by atoms with Crippen molar-refractivity contribution in [2.24, 2.45) is 0 Å². The monoisotopic (exact) mass is 241 g/mol. The van der Waals surface area contributed by atoms with Crippen LogP contribution in [0.2, 0.25) is 0 Å². The Kier molecular flexibility index (Phi) is 5.18. The number of aliphatic hydroxyl groups is 1. The minimum atomic E-state index is -0.524. The van der Waals surface area contributed by atoms with E-state index in [0.29, 0.717) is 25.4 Å². The summed E-state index contributed by atoms with van der Waals surface area (Å²) >= 11 is 0. The van der Waals surface area contributed by atoms with E-state index in [1.807, 2.05) is 0 Å². The zero-order valence-electron chi connectivity index (χ0n) is 9.26. The number of benzene rings is 1. The van der Waals surface area contributed by atoms with Crippen molar-refractivity contribution in [2.45, 2.75) is 0 Å². The third-order valence-corrected chi connectivity index (χ3v) is 2.04. The molecule has 0 unspecified atom stereocenters. The highest BCUT2D eigenvalue weighted by Gasteiger charge is 2.10. The first kappa shape index (κ1) is 13.2. The van der Waals surface area contributed by atoms with Crippen LogP contribution in [0.5, 0.6) is 0 Å². The van der Waals surface area contributed by atoms with Crippen molar-refractivity contribution < 1.29 is 14.8 Å². The molecule has 1 aromatic carbocycles. The van der Waals surface area contributed by atoms with Crippen molar-refractivity contribution in [3.05, 3.63) is 28.3 Å². The molecule has 0 bridgehead atoms. The molecule has 0 spiro atoms. The molecule has 0 aliphatic rings. The molecule has 17 heavy (non-hydrogen) atoms. The van der Waals surface area contributed by atoms with Crippen LogP contribution in [0.25, 0.3) is 0 Å². The number of nitro groups is 1. The Labute approximate surface area is 98.3 Å². The molecule has 0 amide bonds. The lowest BCUT2D eigenvalue weighted by Gasteiger charge is -2.07. The third-order valence-electron chi connectivity index (χ3n) is 2.04. The smallest absolute Gasteiger partial charge is 0.292 e. The van der Waals surface area contributed by atoms with Gasteiger partial charge in [-0.1, -0.05) is 0 Å². The van der Waals surface area contributed by atoms with Crippen LogP contribution < -0.4 is 11.1 Å². The van der Waals surface area contributed by atoms with E-state index in [4.69, 9.17) is 15.6 Å². The van der Waals surface area contributed by atoms with Crippen LogP contribution in [0.4, 0.5) is 17.1 Å². The van der Waals surface area contributed by atoms with Crippen LogP contribution in [-0.2, 0) is 4.74 Å². The number of hydrogen-bond donors (Lipinski definition) is 3. The molecule has 0 aliphatic heterocycles. The molecule has 7 heteroatoms. The van der Waals surface area contributed by atoms with E-state index in [1.54, 1.807) is 6.07 Å². The van der Waals surface area contributed by atoms with Gasteiger partial charge in [0.25, 0.3) is 5.69 Å². The predicted octanol–water partition coefficient (Wildman–Crippen LogP) is 0.598. The molecular formula is C10H15N3O4. The summed E-state index contributed by atoms with van der Waals surface area (Å²) < 4.78 is 5.04. The fraction of sp³-hybridized carbons (Fsp3) is 0.400. The van der Waals surface area contributed by atoms with E-state index in [1.165, 1.54) is 12.1 Å². The van der Waals surface area contributed by atoms with Crippen LogP contribution >= 0.6 is 0 Å². The maximum Gasteiger partial charge on any atom is 0.292 e. The van der Waals surface area contributed by atoms with Gasteiger partial charge in [0.2, 0.25) is 0 Å². The first-order valence-electron chi connectivity index (χ1n) is 5.11. The standard InChI is InChI=1S/C10H15N3O4/c11-9-7-8(1-2-10(9)13(15)16)12-3-5-17-6-4-14/h1-2,7,12,14H,3-6,11H2. The molecule has 0 atom stereocenters. The van der Waals surface area contributed by atoms with Gasteiger partial charge in [0.15, 0.2) is 0 Å². The summed E-state index contributed by atoms with van der Waals surface area (Å²) in [4.78, 5) is 10.0. The Hall–Kier alpha value is -1.86. The summed E-state index contributed by atoms with van der Waals surface area (Å²) in [6.45, 7) is 1.27. The quantitative estimate of drug-likeness (QED) is 0.279. The molecule has 0 aliphatic carbocycles. The third kappa shape index (κ3) is 4.25. The number of ether oxygens (including phenoxy) is 1. The molecule has 4 N–H and O–H groups in total. The van der Waals surface area contributed by atoms with Gasteiger partial charge >= 0.3 is 0 Å². The van der Waals surface area contributed by atoms with Gasteiger partial charge in [-0.05, 0) is 12.1 Å². The average molecular weight is 241 g/mol. The van der Waals surface area contributed by atoms with Gasteiger partial charge in [-0.15, -0.1) is 0 Å². The Bertz CT molecular complexity index is 384. The van der Waals surface area contributed by atoms with Gasteiger partial charge in [0.1, 0.15) is 5.69 Å². The van der Waals surface area contributed by atoms with Crippen molar-refractivity contribution in [3.63, 3.8) is 0 Å². The fourth-order valence-electron chi connectivity index (χ4n) is 1.26. The van der Waals surface area contributed by atoms with E-state index >= 15 is 0 Å². The Morgan fingerprint density at radius 3 is 2.82 bits per heavy atom. The predicted molar refractivity (Wildman–Crippen MR) is 63.9 cm³/mol. The van der Waals surface area contributed by atoms with Crippen LogP contribution in [0.3, 0.4) is 0 Å². The van der Waals surface area contributed by atoms with Gasteiger partial charge in [-0.3, -0.25) is 10.1 Å². The summed E-state index contributed by atoms with van der Waals surface area (Å²) in [6, 6.07) is 4.44. The summed E-state index contributed by atoms with van der Waals surface area (Å²) in [5.41, 5.74) is 6.24. The van der Waals surface area contributed by atoms with E-state index in [0.717, 1.165) is 0 Å². The van der Waals surface area contributed by atoms with Crippen LogP contribution in [-0.4, -0.2) is 36.4 Å². The van der Waals surface area contributed by atoms with Crippen LogP contribution in [0.15, 0.2) is 18.2 Å². The lowest BCUT2D eigenvalue weighted by atomic mass is 10.2. The van der Waals surface area contributed by atoms with E-state index in [9.17, 15) is 10.1 Å². The van der Waals surface area contributed by atoms with E-state index in [2.05, 4.69) is 5.32 Å². The number of nitrogens with one attached hydrogen (secondary N) is 1. The van der Waals surface area contributed by atoms with E-state index < -0.39 is 4.92 Å². The minimum Gasteiger partial charge on any atom is -0.394 e. The van der Waals surface area contributed by atoms with Gasteiger partial charge in [-0.2, -0.15) is 0 Å². The number of rotatable bonds is 7. The highest BCUT2D eigenvalue weighted by molar-refractivity contribution is 5.65. The number of nitrogens with zero attached hydrogens (tertiary/aromatic N) is 1. The molecule has 0 saturated heterocycles.